The quantitative estimate of drug-likeness (QED) is 0.664. The highest BCUT2D eigenvalue weighted by Gasteiger charge is 2.17. The van der Waals surface area contributed by atoms with Gasteiger partial charge in [-0.3, -0.25) is 0 Å². The van der Waals surface area contributed by atoms with Gasteiger partial charge in [0.05, 0.1) is 0 Å². The molecule has 0 nitrogen and oxygen atoms in total. The molecule has 0 fully saturated rings. The molecular weight excluding hydrogens is 196 g/mol. The Morgan fingerprint density at radius 3 is 2.33 bits per heavy atom. The van der Waals surface area contributed by atoms with Gasteiger partial charge >= 0.3 is 0 Å². The summed E-state index contributed by atoms with van der Waals surface area (Å²) in [4.78, 5) is 0. The standard InChI is InChI=1S/C14H18Si/c1-10(2)13-8-12(9-14(13)15)11-6-4-3-5-7-11/h3-10,14H,1-2,15H3. The van der Waals surface area contributed by atoms with E-state index in [-0.39, 0.29) is 0 Å². The second-order valence-electron chi connectivity index (χ2n) is 4.58. The highest BCUT2D eigenvalue weighted by atomic mass is 28.1. The summed E-state index contributed by atoms with van der Waals surface area (Å²) in [5.74, 6) is 0.685. The largest absolute Gasteiger partial charge is 0.0732 e. The number of hydrogen-bond donors (Lipinski definition) is 0. The van der Waals surface area contributed by atoms with E-state index in [9.17, 15) is 0 Å². The fourth-order valence-electron chi connectivity index (χ4n) is 2.23. The molecule has 0 aromatic heterocycles. The van der Waals surface area contributed by atoms with Crippen LogP contribution in [0.4, 0.5) is 0 Å². The Kier molecular flexibility index (Phi) is 2.92. The third kappa shape index (κ3) is 2.12. The topological polar surface area (TPSA) is 0 Å². The van der Waals surface area contributed by atoms with Gasteiger partial charge in [-0.05, 0) is 22.6 Å². The van der Waals surface area contributed by atoms with Crippen LogP contribution in [-0.4, -0.2) is 10.2 Å². The second-order valence-corrected chi connectivity index (χ2v) is 5.82. The predicted molar refractivity (Wildman–Crippen MR) is 71.0 cm³/mol. The molecule has 1 heteroatoms. The minimum absolute atomic E-state index is 0.685. The van der Waals surface area contributed by atoms with Gasteiger partial charge in [0, 0.05) is 10.2 Å². The molecule has 1 aliphatic carbocycles. The van der Waals surface area contributed by atoms with Gasteiger partial charge in [-0.15, -0.1) is 0 Å². The van der Waals surface area contributed by atoms with Crippen molar-refractivity contribution in [3.63, 3.8) is 0 Å². The lowest BCUT2D eigenvalue weighted by molar-refractivity contribution is 0.753. The number of benzene rings is 1. The Morgan fingerprint density at radius 2 is 1.80 bits per heavy atom. The van der Waals surface area contributed by atoms with E-state index < -0.39 is 0 Å². The van der Waals surface area contributed by atoms with Crippen LogP contribution in [0.15, 0.2) is 48.1 Å². The van der Waals surface area contributed by atoms with Crippen LogP contribution in [0.5, 0.6) is 0 Å². The molecule has 0 bridgehead atoms. The molecule has 15 heavy (non-hydrogen) atoms. The maximum Gasteiger partial charge on any atom is 0.0167 e. The molecule has 78 valence electrons. The monoisotopic (exact) mass is 214 g/mol. The van der Waals surface area contributed by atoms with Crippen molar-refractivity contribution in [1.29, 1.82) is 0 Å². The van der Waals surface area contributed by atoms with Crippen molar-refractivity contribution in [3.05, 3.63) is 53.6 Å². The summed E-state index contributed by atoms with van der Waals surface area (Å²) in [5, 5.41) is 0. The van der Waals surface area contributed by atoms with Crippen LogP contribution in [-0.2, 0) is 0 Å². The van der Waals surface area contributed by atoms with Crippen LogP contribution >= 0.6 is 0 Å². The summed E-state index contributed by atoms with van der Waals surface area (Å²) in [6, 6.07) is 10.7. The third-order valence-electron chi connectivity index (χ3n) is 3.05. The van der Waals surface area contributed by atoms with Crippen LogP contribution in [0, 0.1) is 5.92 Å². The molecule has 1 unspecified atom stereocenters. The molecule has 1 aromatic rings. The highest BCUT2D eigenvalue weighted by Crippen LogP contribution is 2.36. The minimum Gasteiger partial charge on any atom is -0.0732 e. The van der Waals surface area contributed by atoms with Gasteiger partial charge in [0.15, 0.2) is 0 Å². The van der Waals surface area contributed by atoms with Crippen molar-refractivity contribution in [2.24, 2.45) is 5.92 Å². The van der Waals surface area contributed by atoms with E-state index in [4.69, 9.17) is 0 Å². The first kappa shape index (κ1) is 10.4. The molecule has 0 radical (unpaired) electrons. The molecule has 0 N–H and O–H groups in total. The maximum absolute atomic E-state index is 2.43. The molecule has 2 rings (SSSR count). The molecule has 0 heterocycles. The van der Waals surface area contributed by atoms with Crippen molar-refractivity contribution < 1.29 is 0 Å². The lowest BCUT2D eigenvalue weighted by atomic mass is 10.0. The van der Waals surface area contributed by atoms with E-state index in [1.165, 1.54) is 21.4 Å². The summed E-state index contributed by atoms with van der Waals surface area (Å²) in [7, 11) is 1.23. The molecule has 0 amide bonds. The first-order valence-electron chi connectivity index (χ1n) is 5.67. The van der Waals surface area contributed by atoms with E-state index in [0.29, 0.717) is 5.92 Å². The lowest BCUT2D eigenvalue weighted by Crippen LogP contribution is -1.97. The molecule has 0 aliphatic heterocycles. The fraction of sp³-hybridized carbons (Fsp3) is 0.286. The highest BCUT2D eigenvalue weighted by molar-refractivity contribution is 6.17. The van der Waals surface area contributed by atoms with Gasteiger partial charge in [0.25, 0.3) is 0 Å². The zero-order valence-electron chi connectivity index (χ0n) is 9.70. The van der Waals surface area contributed by atoms with Crippen molar-refractivity contribution in [3.8, 4) is 0 Å². The van der Waals surface area contributed by atoms with Crippen LogP contribution < -0.4 is 0 Å². The molecule has 1 aliphatic rings. The lowest BCUT2D eigenvalue weighted by Gasteiger charge is -2.10. The van der Waals surface area contributed by atoms with Gasteiger partial charge < -0.3 is 0 Å². The van der Waals surface area contributed by atoms with Crippen LogP contribution in [0.25, 0.3) is 5.57 Å². The molecular formula is C14H18Si. The van der Waals surface area contributed by atoms with E-state index in [2.05, 4.69) is 56.3 Å². The molecule has 0 saturated heterocycles. The fourth-order valence-corrected chi connectivity index (χ4v) is 3.42. The molecule has 1 atom stereocenters. The summed E-state index contributed by atoms with van der Waals surface area (Å²) in [6.07, 6.45) is 4.81. The Bertz CT molecular complexity index is 399. The predicted octanol–water partition coefficient (Wildman–Crippen LogP) is 2.82. The average molecular weight is 214 g/mol. The van der Waals surface area contributed by atoms with Crippen molar-refractivity contribution >= 4 is 15.8 Å². The van der Waals surface area contributed by atoms with Crippen LogP contribution in [0.1, 0.15) is 19.4 Å². The first-order chi connectivity index (χ1) is 7.18. The Hall–Kier alpha value is -1.08. The Balaban J connectivity index is 2.31. The maximum atomic E-state index is 2.43. The zero-order chi connectivity index (χ0) is 10.8. The minimum atomic E-state index is 0.685. The van der Waals surface area contributed by atoms with Gasteiger partial charge in [0.1, 0.15) is 0 Å². The number of allylic oxidation sites excluding steroid dienone is 4. The van der Waals surface area contributed by atoms with Gasteiger partial charge in [0.2, 0.25) is 0 Å². The Morgan fingerprint density at radius 1 is 1.13 bits per heavy atom. The number of hydrogen-bond acceptors (Lipinski definition) is 0. The first-order valence-corrected chi connectivity index (χ1v) is 6.82. The van der Waals surface area contributed by atoms with E-state index in [0.717, 1.165) is 5.54 Å². The second kappa shape index (κ2) is 4.19. The summed E-state index contributed by atoms with van der Waals surface area (Å²) < 4.78 is 0. The summed E-state index contributed by atoms with van der Waals surface area (Å²) in [5.41, 5.74) is 5.12. The molecule has 1 aromatic carbocycles. The smallest absolute Gasteiger partial charge is 0.0167 e. The van der Waals surface area contributed by atoms with Gasteiger partial charge in [-0.1, -0.05) is 61.9 Å². The molecule has 0 spiro atoms. The average Bonchev–Trinajstić information content (AvgIpc) is 2.62. The molecule has 0 saturated carbocycles. The van der Waals surface area contributed by atoms with E-state index >= 15 is 0 Å². The van der Waals surface area contributed by atoms with Crippen molar-refractivity contribution in [1.82, 2.24) is 0 Å². The third-order valence-corrected chi connectivity index (χ3v) is 4.05. The SMILES string of the molecule is CC(C)C1=CC(c2ccccc2)=CC1[SiH3]. The van der Waals surface area contributed by atoms with Crippen LogP contribution in [0.3, 0.4) is 0 Å². The van der Waals surface area contributed by atoms with Crippen LogP contribution in [0.2, 0.25) is 5.54 Å². The van der Waals surface area contributed by atoms with Crippen molar-refractivity contribution in [2.75, 3.05) is 0 Å². The summed E-state index contributed by atoms with van der Waals surface area (Å²) >= 11 is 0. The number of rotatable bonds is 2. The van der Waals surface area contributed by atoms with Gasteiger partial charge in [-0.2, -0.15) is 0 Å². The van der Waals surface area contributed by atoms with Gasteiger partial charge in [-0.25, -0.2) is 0 Å². The summed E-state index contributed by atoms with van der Waals surface area (Å²) in [6.45, 7) is 4.58. The Labute approximate surface area is 95.1 Å². The van der Waals surface area contributed by atoms with E-state index in [1.807, 2.05) is 0 Å². The van der Waals surface area contributed by atoms with Crippen molar-refractivity contribution in [2.45, 2.75) is 19.4 Å². The normalized spacial score (nSPS) is 20.6. The zero-order valence-corrected chi connectivity index (χ0v) is 11.7. The van der Waals surface area contributed by atoms with E-state index in [1.54, 1.807) is 5.57 Å².